The summed E-state index contributed by atoms with van der Waals surface area (Å²) in [6.45, 7) is 1.18. The van der Waals surface area contributed by atoms with Gasteiger partial charge < -0.3 is 9.88 Å². The normalized spacial score (nSPS) is 21.3. The Balaban J connectivity index is 1.71. The number of rotatable bonds is 5. The molecule has 1 saturated carbocycles. The molecule has 3 heteroatoms. The average molecular weight is 267 g/mol. The van der Waals surface area contributed by atoms with E-state index < -0.39 is 0 Å². The maximum atomic E-state index is 9.03. The van der Waals surface area contributed by atoms with E-state index in [4.69, 9.17) is 5.26 Å². The number of nitrogens with one attached hydrogen (secondary N) is 1. The highest BCUT2D eigenvalue weighted by Crippen LogP contribution is 2.51. The lowest BCUT2D eigenvalue weighted by atomic mass is 10.0. The number of hydrogen-bond donors (Lipinski definition) is 1. The topological polar surface area (TPSA) is 42.8 Å². The van der Waals surface area contributed by atoms with Crippen molar-refractivity contribution >= 4 is 10.9 Å². The molecular weight excluding hydrogens is 246 g/mol. The van der Waals surface area contributed by atoms with Crippen LogP contribution >= 0.6 is 0 Å². The van der Waals surface area contributed by atoms with Crippen LogP contribution in [0, 0.1) is 17.2 Å². The van der Waals surface area contributed by atoms with E-state index in [1.54, 1.807) is 0 Å². The van der Waals surface area contributed by atoms with Gasteiger partial charge in [-0.3, -0.25) is 0 Å². The number of nitriles is 1. The molecular formula is C17H21N3. The molecule has 1 fully saturated rings. The van der Waals surface area contributed by atoms with Crippen LogP contribution in [0.15, 0.2) is 24.4 Å². The average Bonchev–Trinajstić information content (AvgIpc) is 3.07. The fourth-order valence-electron chi connectivity index (χ4n) is 3.14. The van der Waals surface area contributed by atoms with Crippen molar-refractivity contribution in [3.05, 3.63) is 35.5 Å². The maximum Gasteiger partial charge on any atom is 0.0991 e. The van der Waals surface area contributed by atoms with E-state index in [1.165, 1.54) is 36.8 Å². The van der Waals surface area contributed by atoms with Gasteiger partial charge >= 0.3 is 0 Å². The molecule has 104 valence electrons. The molecule has 1 heterocycles. The van der Waals surface area contributed by atoms with Crippen LogP contribution in [0.3, 0.4) is 0 Å². The van der Waals surface area contributed by atoms with Crippen LogP contribution in [0.2, 0.25) is 0 Å². The summed E-state index contributed by atoms with van der Waals surface area (Å²) in [6.07, 6.45) is 6.03. The van der Waals surface area contributed by atoms with Gasteiger partial charge in [-0.1, -0.05) is 0 Å². The van der Waals surface area contributed by atoms with Crippen LogP contribution < -0.4 is 0 Å². The molecule has 2 atom stereocenters. The zero-order valence-corrected chi connectivity index (χ0v) is 12.2. The van der Waals surface area contributed by atoms with Crippen molar-refractivity contribution in [1.29, 1.82) is 5.26 Å². The molecule has 1 aromatic heterocycles. The van der Waals surface area contributed by atoms with Gasteiger partial charge in [-0.15, -0.1) is 0 Å². The SMILES string of the molecule is CN(C)CCCC1CC1c1c[nH]c2ccc(C#N)cc12. The van der Waals surface area contributed by atoms with Crippen molar-refractivity contribution in [2.75, 3.05) is 20.6 Å². The molecule has 2 aromatic rings. The predicted molar refractivity (Wildman–Crippen MR) is 81.6 cm³/mol. The molecule has 1 aliphatic rings. The highest BCUT2D eigenvalue weighted by molar-refractivity contribution is 5.85. The Morgan fingerprint density at radius 2 is 2.25 bits per heavy atom. The smallest absolute Gasteiger partial charge is 0.0991 e. The minimum atomic E-state index is 0.694. The second-order valence-corrected chi connectivity index (χ2v) is 6.16. The first-order valence-corrected chi connectivity index (χ1v) is 7.35. The zero-order valence-electron chi connectivity index (χ0n) is 12.2. The zero-order chi connectivity index (χ0) is 14.1. The van der Waals surface area contributed by atoms with E-state index in [0.717, 1.165) is 17.0 Å². The van der Waals surface area contributed by atoms with Crippen LogP contribution in [0.4, 0.5) is 0 Å². The van der Waals surface area contributed by atoms with Crippen LogP contribution in [0.25, 0.3) is 10.9 Å². The molecule has 1 aliphatic carbocycles. The molecule has 20 heavy (non-hydrogen) atoms. The predicted octanol–water partition coefficient (Wildman–Crippen LogP) is 3.48. The highest BCUT2D eigenvalue weighted by atomic mass is 15.0. The van der Waals surface area contributed by atoms with Crippen molar-refractivity contribution < 1.29 is 0 Å². The summed E-state index contributed by atoms with van der Waals surface area (Å²) in [4.78, 5) is 5.59. The molecule has 0 bridgehead atoms. The Morgan fingerprint density at radius 1 is 1.40 bits per heavy atom. The molecule has 2 unspecified atom stereocenters. The second-order valence-electron chi connectivity index (χ2n) is 6.16. The fraction of sp³-hybridized carbons (Fsp3) is 0.471. The van der Waals surface area contributed by atoms with Crippen LogP contribution in [0.5, 0.6) is 0 Å². The fourth-order valence-corrected chi connectivity index (χ4v) is 3.14. The van der Waals surface area contributed by atoms with Gasteiger partial charge in [-0.2, -0.15) is 5.26 Å². The molecule has 0 spiro atoms. The van der Waals surface area contributed by atoms with E-state index in [2.05, 4.69) is 36.2 Å². The van der Waals surface area contributed by atoms with Gasteiger partial charge in [0.1, 0.15) is 0 Å². The first-order valence-electron chi connectivity index (χ1n) is 7.35. The summed E-state index contributed by atoms with van der Waals surface area (Å²) in [7, 11) is 4.26. The third-order valence-electron chi connectivity index (χ3n) is 4.35. The summed E-state index contributed by atoms with van der Waals surface area (Å²) in [5.74, 6) is 1.53. The Bertz CT molecular complexity index is 648. The van der Waals surface area contributed by atoms with Gasteiger partial charge in [0, 0.05) is 17.1 Å². The molecule has 3 nitrogen and oxygen atoms in total. The van der Waals surface area contributed by atoms with Gasteiger partial charge in [-0.05, 0) is 75.5 Å². The first-order chi connectivity index (χ1) is 9.69. The van der Waals surface area contributed by atoms with Gasteiger partial charge in [0.15, 0.2) is 0 Å². The van der Waals surface area contributed by atoms with Gasteiger partial charge in [0.2, 0.25) is 0 Å². The molecule has 0 saturated heterocycles. The Labute approximate surface area is 120 Å². The van der Waals surface area contributed by atoms with Crippen LogP contribution in [0.1, 0.15) is 36.3 Å². The summed E-state index contributed by atoms with van der Waals surface area (Å²) in [6, 6.07) is 8.15. The number of aromatic amines is 1. The Morgan fingerprint density at radius 3 is 3.00 bits per heavy atom. The number of hydrogen-bond acceptors (Lipinski definition) is 2. The van der Waals surface area contributed by atoms with Gasteiger partial charge in [-0.25, -0.2) is 0 Å². The third kappa shape index (κ3) is 2.57. The van der Waals surface area contributed by atoms with Crippen molar-refractivity contribution in [1.82, 2.24) is 9.88 Å². The lowest BCUT2D eigenvalue weighted by Crippen LogP contribution is -2.12. The van der Waals surface area contributed by atoms with Gasteiger partial charge in [0.25, 0.3) is 0 Å². The molecule has 0 amide bonds. The maximum absolute atomic E-state index is 9.03. The summed E-state index contributed by atoms with van der Waals surface area (Å²) in [5.41, 5.74) is 3.31. The lowest BCUT2D eigenvalue weighted by molar-refractivity contribution is 0.388. The van der Waals surface area contributed by atoms with E-state index in [1.807, 2.05) is 18.2 Å². The van der Waals surface area contributed by atoms with E-state index in [9.17, 15) is 0 Å². The Kier molecular flexibility index (Phi) is 3.50. The standard InChI is InChI=1S/C17H21N3/c1-20(2)7-3-4-13-9-14(13)16-11-19-17-6-5-12(10-18)8-15(16)17/h5-6,8,11,13-14,19H,3-4,7,9H2,1-2H3. The molecule has 1 aromatic carbocycles. The van der Waals surface area contributed by atoms with E-state index >= 15 is 0 Å². The summed E-state index contributed by atoms with van der Waals surface area (Å²) in [5, 5.41) is 10.3. The van der Waals surface area contributed by atoms with Crippen molar-refractivity contribution in [2.24, 2.45) is 5.92 Å². The third-order valence-corrected chi connectivity index (χ3v) is 4.35. The monoisotopic (exact) mass is 267 g/mol. The van der Waals surface area contributed by atoms with Crippen LogP contribution in [-0.2, 0) is 0 Å². The highest BCUT2D eigenvalue weighted by Gasteiger charge is 2.38. The largest absolute Gasteiger partial charge is 0.361 e. The van der Waals surface area contributed by atoms with Crippen molar-refractivity contribution in [3.8, 4) is 6.07 Å². The van der Waals surface area contributed by atoms with Crippen molar-refractivity contribution in [3.63, 3.8) is 0 Å². The quantitative estimate of drug-likeness (QED) is 0.901. The van der Waals surface area contributed by atoms with Gasteiger partial charge in [0.05, 0.1) is 11.6 Å². The number of fused-ring (bicyclic) bond motifs is 1. The van der Waals surface area contributed by atoms with Crippen LogP contribution in [-0.4, -0.2) is 30.5 Å². The van der Waals surface area contributed by atoms with E-state index in [0.29, 0.717) is 5.92 Å². The lowest BCUT2D eigenvalue weighted by Gasteiger charge is -2.08. The van der Waals surface area contributed by atoms with Crippen molar-refractivity contribution in [2.45, 2.75) is 25.2 Å². The number of aromatic nitrogens is 1. The number of nitrogens with zero attached hydrogens (tertiary/aromatic N) is 2. The Hall–Kier alpha value is -1.79. The first kappa shape index (κ1) is 13.2. The second kappa shape index (κ2) is 5.30. The van der Waals surface area contributed by atoms with E-state index in [-0.39, 0.29) is 0 Å². The number of H-pyrrole nitrogens is 1. The summed E-state index contributed by atoms with van der Waals surface area (Å²) >= 11 is 0. The molecule has 0 radical (unpaired) electrons. The summed E-state index contributed by atoms with van der Waals surface area (Å²) < 4.78 is 0. The molecule has 3 rings (SSSR count). The minimum absolute atomic E-state index is 0.694. The molecule has 0 aliphatic heterocycles. The number of benzene rings is 1. The molecule has 1 N–H and O–H groups in total. The minimum Gasteiger partial charge on any atom is -0.361 e.